The molecule has 2 saturated heterocycles. The van der Waals surface area contributed by atoms with Crippen molar-refractivity contribution in [3.63, 3.8) is 0 Å². The first kappa shape index (κ1) is 27.0. The second kappa shape index (κ2) is 10.9. The number of fused-ring (bicyclic) bond motifs is 4. The average Bonchev–Trinajstić information content (AvgIpc) is 3.30. The minimum atomic E-state index is -0.580. The highest BCUT2D eigenvalue weighted by Gasteiger charge is 2.42. The summed E-state index contributed by atoms with van der Waals surface area (Å²) in [4.78, 5) is 19.9. The van der Waals surface area contributed by atoms with Crippen LogP contribution in [0.5, 0.6) is 0 Å². The second-order valence-electron chi connectivity index (χ2n) is 12.5. The van der Waals surface area contributed by atoms with E-state index in [9.17, 15) is 9.90 Å². The Balaban J connectivity index is 1.55. The van der Waals surface area contributed by atoms with E-state index in [0.717, 1.165) is 55.7 Å². The van der Waals surface area contributed by atoms with Crippen LogP contribution in [0.2, 0.25) is 0 Å². The second-order valence-corrected chi connectivity index (χ2v) is 12.5. The number of piperidine rings is 2. The summed E-state index contributed by atoms with van der Waals surface area (Å²) in [6.07, 6.45) is 5.63. The van der Waals surface area contributed by atoms with E-state index in [2.05, 4.69) is 86.2 Å². The van der Waals surface area contributed by atoms with Crippen LogP contribution in [0.25, 0.3) is 22.2 Å². The lowest BCUT2D eigenvalue weighted by atomic mass is 9.76. The lowest BCUT2D eigenvalue weighted by Crippen LogP contribution is -2.55. The van der Waals surface area contributed by atoms with E-state index in [1.807, 2.05) is 0 Å². The Hall–Kier alpha value is -2.63. The third-order valence-electron chi connectivity index (χ3n) is 9.03. The van der Waals surface area contributed by atoms with E-state index < -0.39 is 5.41 Å². The van der Waals surface area contributed by atoms with E-state index in [1.165, 1.54) is 40.5 Å². The fraction of sp³-hybridized carbons (Fsp3) is 0.545. The molecule has 1 atom stereocenters. The van der Waals surface area contributed by atoms with Crippen LogP contribution in [0.4, 0.5) is 0 Å². The largest absolute Gasteiger partial charge is 0.396 e. The number of nitrogens with one attached hydrogen (secondary N) is 2. The molecule has 3 heterocycles. The topological polar surface area (TPSA) is 68.4 Å². The number of aromatic amines is 1. The number of benzene rings is 2. The number of hydrogen-bond acceptors (Lipinski definition) is 3. The highest BCUT2D eigenvalue weighted by molar-refractivity contribution is 5.94. The van der Waals surface area contributed by atoms with Gasteiger partial charge < -0.3 is 20.3 Å². The van der Waals surface area contributed by atoms with Gasteiger partial charge in [-0.3, -0.25) is 4.79 Å². The Morgan fingerprint density at radius 1 is 1.11 bits per heavy atom. The minimum absolute atomic E-state index is 0.202. The number of aryl methyl sites for hydroxylation is 2. The Morgan fingerprint density at radius 2 is 1.82 bits per heavy atom. The molecule has 2 aliphatic heterocycles. The van der Waals surface area contributed by atoms with Gasteiger partial charge in [0.25, 0.3) is 0 Å². The maximum absolute atomic E-state index is 14.0. The fourth-order valence-corrected chi connectivity index (χ4v) is 6.88. The van der Waals surface area contributed by atoms with Crippen LogP contribution in [0.3, 0.4) is 0 Å². The molecule has 0 spiro atoms. The van der Waals surface area contributed by atoms with Crippen molar-refractivity contribution in [2.75, 3.05) is 26.2 Å². The molecule has 0 radical (unpaired) electrons. The molecule has 1 aromatic heterocycles. The van der Waals surface area contributed by atoms with Gasteiger partial charge in [-0.05, 0) is 119 Å². The number of hydrogen-bond donors (Lipinski definition) is 3. The lowest BCUT2D eigenvalue weighted by molar-refractivity contribution is -0.144. The summed E-state index contributed by atoms with van der Waals surface area (Å²) in [5.74, 6) is 1.21. The van der Waals surface area contributed by atoms with Crippen molar-refractivity contribution in [3.05, 3.63) is 58.7 Å². The van der Waals surface area contributed by atoms with E-state index >= 15 is 0 Å². The monoisotopic (exact) mass is 515 g/mol. The summed E-state index contributed by atoms with van der Waals surface area (Å²) in [7, 11) is 0. The molecule has 3 fully saturated rings. The van der Waals surface area contributed by atoms with Gasteiger partial charge in [-0.15, -0.1) is 0 Å². The molecule has 2 aromatic carbocycles. The van der Waals surface area contributed by atoms with E-state index in [0.29, 0.717) is 12.0 Å². The predicted octanol–water partition coefficient (Wildman–Crippen LogP) is 6.21. The minimum Gasteiger partial charge on any atom is -0.396 e. The number of aliphatic hydroxyl groups excluding tert-OH is 1. The molecular formula is C33H45N3O2. The normalized spacial score (nSPS) is 20.3. The van der Waals surface area contributed by atoms with Crippen molar-refractivity contribution < 1.29 is 9.90 Å². The van der Waals surface area contributed by atoms with Crippen molar-refractivity contribution in [2.24, 2.45) is 5.92 Å². The first-order valence-corrected chi connectivity index (χ1v) is 14.6. The number of nitrogens with zero attached hydrogens (tertiary/aromatic N) is 1. The first-order valence-electron chi connectivity index (χ1n) is 14.6. The van der Waals surface area contributed by atoms with Crippen molar-refractivity contribution in [1.29, 1.82) is 0 Å². The van der Waals surface area contributed by atoms with E-state index in [1.54, 1.807) is 0 Å². The molecule has 1 aliphatic carbocycles. The SMILES string of the molecule is Cc1cc(C)cc(-c2[nH]c3ccc(C(C)(C)C(=O)N4CC5CCC4CC5)cc3c2[C@H](C)CNCCCO)c1. The third kappa shape index (κ3) is 5.15. The molecule has 1 saturated carbocycles. The van der Waals surface area contributed by atoms with Gasteiger partial charge in [0.05, 0.1) is 11.1 Å². The maximum Gasteiger partial charge on any atom is 0.232 e. The quantitative estimate of drug-likeness (QED) is 0.297. The third-order valence-corrected chi connectivity index (χ3v) is 9.03. The number of amides is 1. The van der Waals surface area contributed by atoms with Crippen molar-refractivity contribution in [1.82, 2.24) is 15.2 Å². The average molecular weight is 516 g/mol. The van der Waals surface area contributed by atoms with Gasteiger partial charge in [0.15, 0.2) is 0 Å². The Morgan fingerprint density at radius 3 is 2.45 bits per heavy atom. The number of aromatic nitrogens is 1. The highest BCUT2D eigenvalue weighted by Crippen LogP contribution is 2.41. The molecule has 3 aromatic rings. The predicted molar refractivity (Wildman–Crippen MR) is 157 cm³/mol. The standard InChI is InChI=1S/C33H45N3O2/c1-21-15-22(2)17-25(16-21)31-30(23(3)19-34-13-6-14-37)28-18-26(9-12-29(28)35-31)33(4,5)32(38)36-20-24-7-10-27(36)11-8-24/h9,12,15-18,23-24,27,34-35,37H,6-8,10-11,13-14,19-20H2,1-5H3/t23-,24?,27?/m1/s1. The van der Waals surface area contributed by atoms with Crippen molar-refractivity contribution in [2.45, 2.75) is 84.1 Å². The van der Waals surface area contributed by atoms with Crippen molar-refractivity contribution in [3.8, 4) is 11.3 Å². The van der Waals surface area contributed by atoms with Crippen LogP contribution in [0, 0.1) is 19.8 Å². The van der Waals surface area contributed by atoms with Gasteiger partial charge in [-0.25, -0.2) is 0 Å². The first-order chi connectivity index (χ1) is 18.2. The summed E-state index contributed by atoms with van der Waals surface area (Å²) < 4.78 is 0. The maximum atomic E-state index is 14.0. The summed E-state index contributed by atoms with van der Waals surface area (Å²) in [6.45, 7) is 13.5. The molecule has 5 heteroatoms. The molecule has 0 unspecified atom stereocenters. The zero-order valence-electron chi connectivity index (χ0n) is 23.9. The molecule has 1 amide bonds. The van der Waals surface area contributed by atoms with Crippen molar-refractivity contribution >= 4 is 16.8 Å². The fourth-order valence-electron chi connectivity index (χ4n) is 6.88. The van der Waals surface area contributed by atoms with Crippen LogP contribution in [-0.2, 0) is 10.2 Å². The molecule has 3 N–H and O–H groups in total. The molecule has 204 valence electrons. The Bertz CT molecular complexity index is 1280. The number of rotatable bonds is 9. The van der Waals surface area contributed by atoms with Gasteiger partial charge in [0, 0.05) is 36.6 Å². The summed E-state index contributed by atoms with van der Waals surface area (Å²) in [5.41, 5.74) is 7.79. The van der Waals surface area contributed by atoms with Gasteiger partial charge >= 0.3 is 0 Å². The van der Waals surface area contributed by atoms with E-state index in [-0.39, 0.29) is 18.4 Å². The van der Waals surface area contributed by atoms with Crippen LogP contribution in [0.1, 0.15) is 81.0 Å². The van der Waals surface area contributed by atoms with Crippen LogP contribution in [-0.4, -0.2) is 53.2 Å². The lowest BCUT2D eigenvalue weighted by Gasteiger charge is -2.47. The van der Waals surface area contributed by atoms with E-state index in [4.69, 9.17) is 0 Å². The van der Waals surface area contributed by atoms with Crippen LogP contribution >= 0.6 is 0 Å². The molecule has 6 rings (SSSR count). The summed E-state index contributed by atoms with van der Waals surface area (Å²) in [5, 5.41) is 13.9. The molecule has 3 aliphatic rings. The van der Waals surface area contributed by atoms with Gasteiger partial charge in [-0.2, -0.15) is 0 Å². The molecule has 2 bridgehead atoms. The number of aliphatic hydroxyl groups is 1. The van der Waals surface area contributed by atoms with Crippen LogP contribution in [0.15, 0.2) is 36.4 Å². The summed E-state index contributed by atoms with van der Waals surface area (Å²) in [6, 6.07) is 13.7. The Kier molecular flexibility index (Phi) is 7.70. The number of carbonyl (C=O) groups is 1. The van der Waals surface area contributed by atoms with Gasteiger partial charge in [-0.1, -0.05) is 30.2 Å². The zero-order valence-corrected chi connectivity index (χ0v) is 23.9. The van der Waals surface area contributed by atoms with Crippen LogP contribution < -0.4 is 5.32 Å². The zero-order chi connectivity index (χ0) is 27.0. The molecule has 5 nitrogen and oxygen atoms in total. The highest BCUT2D eigenvalue weighted by atomic mass is 16.3. The van der Waals surface area contributed by atoms with Gasteiger partial charge in [0.1, 0.15) is 0 Å². The molecular weight excluding hydrogens is 470 g/mol. The summed E-state index contributed by atoms with van der Waals surface area (Å²) >= 11 is 0. The smallest absolute Gasteiger partial charge is 0.232 e. The molecule has 38 heavy (non-hydrogen) atoms. The number of H-pyrrole nitrogens is 1. The number of carbonyl (C=O) groups excluding carboxylic acids is 1. The Labute approximate surface area is 228 Å². The van der Waals surface area contributed by atoms with Gasteiger partial charge in [0.2, 0.25) is 5.91 Å².